The SMILES string of the molecule is CC(C)OC(=O)N1CC(C(=O)N2CCC(F)(C(=O)NC/C=C\S(C)=O)CC2)C(c2ccccc2Cl)C1. The summed E-state index contributed by atoms with van der Waals surface area (Å²) in [5.41, 5.74) is -1.31. The van der Waals surface area contributed by atoms with E-state index in [1.54, 1.807) is 30.9 Å². The summed E-state index contributed by atoms with van der Waals surface area (Å²) in [5.74, 6) is -1.83. The van der Waals surface area contributed by atoms with E-state index in [1.165, 1.54) is 22.6 Å². The van der Waals surface area contributed by atoms with Gasteiger partial charge in [0.25, 0.3) is 5.91 Å². The lowest BCUT2D eigenvalue weighted by Gasteiger charge is -2.37. The van der Waals surface area contributed by atoms with E-state index in [-0.39, 0.29) is 63.5 Å². The minimum atomic E-state index is -2.08. The fourth-order valence-electron chi connectivity index (χ4n) is 4.61. The number of piperidine rings is 1. The van der Waals surface area contributed by atoms with Crippen LogP contribution in [0.25, 0.3) is 0 Å². The van der Waals surface area contributed by atoms with Crippen molar-refractivity contribution >= 4 is 40.3 Å². The number of benzene rings is 1. The zero-order valence-electron chi connectivity index (χ0n) is 20.7. The maximum absolute atomic E-state index is 15.3. The summed E-state index contributed by atoms with van der Waals surface area (Å²) in [6.45, 7) is 4.22. The third-order valence-corrected chi connectivity index (χ3v) is 7.40. The number of nitrogens with zero attached hydrogens (tertiary/aromatic N) is 2. The number of halogens is 2. The van der Waals surface area contributed by atoms with E-state index >= 15 is 4.39 Å². The Kier molecular flexibility index (Phi) is 9.52. The van der Waals surface area contributed by atoms with Crippen LogP contribution in [0.5, 0.6) is 0 Å². The highest BCUT2D eigenvalue weighted by molar-refractivity contribution is 7.87. The first-order valence-corrected chi connectivity index (χ1v) is 14.0. The molecule has 2 aliphatic rings. The lowest BCUT2D eigenvalue weighted by molar-refractivity contribution is -0.144. The summed E-state index contributed by atoms with van der Waals surface area (Å²) in [7, 11) is -1.14. The number of hydrogen-bond acceptors (Lipinski definition) is 5. The van der Waals surface area contributed by atoms with Crippen molar-refractivity contribution in [1.82, 2.24) is 15.1 Å². The molecule has 3 unspecified atom stereocenters. The summed E-state index contributed by atoms with van der Waals surface area (Å²) < 4.78 is 31.7. The Labute approximate surface area is 218 Å². The Bertz CT molecular complexity index is 1030. The molecule has 0 bridgehead atoms. The van der Waals surface area contributed by atoms with Crippen LogP contribution in [0.3, 0.4) is 0 Å². The fraction of sp³-hybridized carbons (Fsp3) is 0.560. The predicted molar refractivity (Wildman–Crippen MR) is 137 cm³/mol. The number of rotatable bonds is 7. The van der Waals surface area contributed by atoms with Gasteiger partial charge in [0.1, 0.15) is 0 Å². The Morgan fingerprint density at radius 1 is 1.22 bits per heavy atom. The molecule has 3 amide bonds. The van der Waals surface area contributed by atoms with Crippen molar-refractivity contribution in [3.63, 3.8) is 0 Å². The van der Waals surface area contributed by atoms with Crippen LogP contribution in [0, 0.1) is 5.92 Å². The van der Waals surface area contributed by atoms with E-state index in [0.29, 0.717) is 5.02 Å². The largest absolute Gasteiger partial charge is 0.447 e. The number of carbonyl (C=O) groups excluding carboxylic acids is 3. The number of alkyl halides is 1. The third-order valence-electron chi connectivity index (χ3n) is 6.48. The quantitative estimate of drug-likeness (QED) is 0.572. The zero-order chi connectivity index (χ0) is 26.5. The molecule has 2 fully saturated rings. The molecule has 36 heavy (non-hydrogen) atoms. The summed E-state index contributed by atoms with van der Waals surface area (Å²) >= 11 is 6.44. The van der Waals surface area contributed by atoms with E-state index in [9.17, 15) is 18.6 Å². The van der Waals surface area contributed by atoms with Gasteiger partial charge in [-0.15, -0.1) is 0 Å². The van der Waals surface area contributed by atoms with Crippen molar-refractivity contribution < 1.29 is 27.7 Å². The first kappa shape index (κ1) is 28.1. The molecular weight excluding hydrogens is 509 g/mol. The molecule has 8 nitrogen and oxygen atoms in total. The molecule has 0 aliphatic carbocycles. The molecule has 2 saturated heterocycles. The van der Waals surface area contributed by atoms with E-state index in [2.05, 4.69) is 5.32 Å². The first-order valence-electron chi connectivity index (χ1n) is 12.0. The van der Waals surface area contributed by atoms with Crippen LogP contribution in [0.15, 0.2) is 35.7 Å². The molecule has 0 aromatic heterocycles. The summed E-state index contributed by atoms with van der Waals surface area (Å²) in [4.78, 5) is 41.7. The predicted octanol–water partition coefficient (Wildman–Crippen LogP) is 3.24. The normalized spacial score (nSPS) is 22.6. The number of carbonyl (C=O) groups is 3. The van der Waals surface area contributed by atoms with Gasteiger partial charge >= 0.3 is 6.09 Å². The molecule has 3 atom stereocenters. The Morgan fingerprint density at radius 2 is 1.89 bits per heavy atom. The number of likely N-dealkylation sites (tertiary alicyclic amines) is 2. The van der Waals surface area contributed by atoms with Gasteiger partial charge in [0, 0.05) is 73.6 Å². The number of ether oxygens (including phenoxy) is 1. The zero-order valence-corrected chi connectivity index (χ0v) is 22.3. The van der Waals surface area contributed by atoms with Crippen LogP contribution < -0.4 is 5.32 Å². The lowest BCUT2D eigenvalue weighted by atomic mass is 9.86. The smallest absolute Gasteiger partial charge is 0.410 e. The molecule has 1 aromatic rings. The first-order chi connectivity index (χ1) is 17.0. The highest BCUT2D eigenvalue weighted by Gasteiger charge is 2.47. The van der Waals surface area contributed by atoms with Crippen LogP contribution in [0.4, 0.5) is 9.18 Å². The summed E-state index contributed by atoms with van der Waals surface area (Å²) in [6, 6.07) is 7.23. The Hall–Kier alpha value is -2.46. The highest BCUT2D eigenvalue weighted by Crippen LogP contribution is 2.38. The second-order valence-electron chi connectivity index (χ2n) is 9.44. The van der Waals surface area contributed by atoms with E-state index in [0.717, 1.165) is 5.56 Å². The minimum Gasteiger partial charge on any atom is -0.447 e. The minimum absolute atomic E-state index is 0.0800. The van der Waals surface area contributed by atoms with Crippen molar-refractivity contribution in [2.45, 2.75) is 44.4 Å². The fourth-order valence-corrected chi connectivity index (χ4v) is 5.25. The second-order valence-corrected chi connectivity index (χ2v) is 11.1. The van der Waals surface area contributed by atoms with Gasteiger partial charge in [-0.3, -0.25) is 13.8 Å². The van der Waals surface area contributed by atoms with Gasteiger partial charge in [-0.2, -0.15) is 0 Å². The molecule has 0 spiro atoms. The molecule has 11 heteroatoms. The maximum Gasteiger partial charge on any atom is 0.410 e. The summed E-state index contributed by atoms with van der Waals surface area (Å²) in [6.07, 6.45) is 1.97. The van der Waals surface area contributed by atoms with Crippen LogP contribution in [-0.4, -0.2) is 82.7 Å². The van der Waals surface area contributed by atoms with Gasteiger partial charge in [0.05, 0.1) is 12.0 Å². The van der Waals surface area contributed by atoms with Crippen LogP contribution in [-0.2, 0) is 25.1 Å². The van der Waals surface area contributed by atoms with E-state index < -0.39 is 34.4 Å². The van der Waals surface area contributed by atoms with E-state index in [4.69, 9.17) is 16.3 Å². The topological polar surface area (TPSA) is 96.0 Å². The Balaban J connectivity index is 1.69. The van der Waals surface area contributed by atoms with Crippen LogP contribution in [0.1, 0.15) is 38.2 Å². The molecule has 2 heterocycles. The average molecular weight is 542 g/mol. The average Bonchev–Trinajstić information content (AvgIpc) is 3.27. The summed E-state index contributed by atoms with van der Waals surface area (Å²) in [5, 5.41) is 4.44. The molecule has 198 valence electrons. The van der Waals surface area contributed by atoms with Gasteiger partial charge in [-0.1, -0.05) is 35.9 Å². The van der Waals surface area contributed by atoms with Crippen molar-refractivity contribution in [2.75, 3.05) is 39.0 Å². The van der Waals surface area contributed by atoms with E-state index in [1.807, 2.05) is 12.1 Å². The third kappa shape index (κ3) is 6.85. The van der Waals surface area contributed by atoms with Crippen LogP contribution >= 0.6 is 11.6 Å². The van der Waals surface area contributed by atoms with Crippen molar-refractivity contribution in [3.8, 4) is 0 Å². The van der Waals surface area contributed by atoms with Gasteiger partial charge in [-0.05, 0) is 30.9 Å². The monoisotopic (exact) mass is 541 g/mol. The maximum atomic E-state index is 15.3. The molecule has 2 aliphatic heterocycles. The molecule has 0 radical (unpaired) electrons. The van der Waals surface area contributed by atoms with Crippen molar-refractivity contribution in [2.24, 2.45) is 5.92 Å². The Morgan fingerprint density at radius 3 is 2.50 bits per heavy atom. The van der Waals surface area contributed by atoms with Crippen molar-refractivity contribution in [1.29, 1.82) is 0 Å². The molecule has 1 aromatic carbocycles. The van der Waals surface area contributed by atoms with Crippen LogP contribution in [0.2, 0.25) is 5.02 Å². The van der Waals surface area contributed by atoms with Gasteiger partial charge in [-0.25, -0.2) is 9.18 Å². The second kappa shape index (κ2) is 12.2. The standard InChI is InChI=1S/C25H33ClFN3O5S/c1-17(2)35-24(33)30-15-19(18-7-4-5-8-21(18)26)20(16-30)22(31)29-12-9-25(27,10-13-29)23(32)28-11-6-14-36(3)34/h4-8,14,17,19-20H,9-13,15-16H2,1-3H3,(H,28,32)/b14-6-. The van der Waals surface area contributed by atoms with Gasteiger partial charge < -0.3 is 19.9 Å². The van der Waals surface area contributed by atoms with Gasteiger partial charge in [0.15, 0.2) is 5.67 Å². The number of nitrogens with one attached hydrogen (secondary N) is 1. The molecule has 0 saturated carbocycles. The molecule has 1 N–H and O–H groups in total. The lowest BCUT2D eigenvalue weighted by Crippen LogP contribution is -2.53. The van der Waals surface area contributed by atoms with Gasteiger partial charge in [0.2, 0.25) is 5.91 Å². The number of hydrogen-bond donors (Lipinski definition) is 1. The molecule has 3 rings (SSSR count). The highest BCUT2D eigenvalue weighted by atomic mass is 35.5. The van der Waals surface area contributed by atoms with Crippen molar-refractivity contribution in [3.05, 3.63) is 46.3 Å². The molecular formula is C25H33ClFN3O5S. The number of amides is 3.